The van der Waals surface area contributed by atoms with Crippen LogP contribution in [0.5, 0.6) is 0 Å². The van der Waals surface area contributed by atoms with Crippen molar-refractivity contribution in [3.8, 4) is 0 Å². The third-order valence-corrected chi connectivity index (χ3v) is 4.04. The molecule has 2 heterocycles. The number of hydrogen-bond acceptors (Lipinski definition) is 4. The van der Waals surface area contributed by atoms with Crippen LogP contribution in [0.2, 0.25) is 0 Å². The van der Waals surface area contributed by atoms with Gasteiger partial charge in [0.25, 0.3) is 0 Å². The van der Waals surface area contributed by atoms with E-state index in [-0.39, 0.29) is 5.78 Å². The van der Waals surface area contributed by atoms with Crippen LogP contribution in [0.1, 0.15) is 27.3 Å². The number of aromatic nitrogens is 2. The van der Waals surface area contributed by atoms with Crippen molar-refractivity contribution in [2.24, 2.45) is 0 Å². The van der Waals surface area contributed by atoms with Gasteiger partial charge in [-0.3, -0.25) is 9.78 Å². The topological polar surface area (TPSA) is 42.9 Å². The van der Waals surface area contributed by atoms with Gasteiger partial charge in [-0.2, -0.15) is 0 Å². The average molecular weight is 282 g/mol. The molecule has 0 N–H and O–H groups in total. The van der Waals surface area contributed by atoms with Gasteiger partial charge in [-0.15, -0.1) is 0 Å². The second-order valence-electron chi connectivity index (χ2n) is 4.73. The third-order valence-electron chi connectivity index (χ3n) is 3.23. The van der Waals surface area contributed by atoms with Crippen LogP contribution in [0.3, 0.4) is 0 Å². The van der Waals surface area contributed by atoms with Crippen LogP contribution in [-0.4, -0.2) is 15.1 Å². The van der Waals surface area contributed by atoms with Crippen molar-refractivity contribution in [3.63, 3.8) is 0 Å². The number of nitrogens with zero attached hydrogens (tertiary/aromatic N) is 2. The van der Waals surface area contributed by atoms with Gasteiger partial charge in [0.05, 0.1) is 5.52 Å². The molecule has 0 fully saturated rings. The van der Waals surface area contributed by atoms with Crippen molar-refractivity contribution in [2.45, 2.75) is 19.8 Å². The van der Waals surface area contributed by atoms with E-state index >= 15 is 0 Å². The first kappa shape index (κ1) is 12.9. The molecule has 2 aromatic heterocycles. The van der Waals surface area contributed by atoms with Crippen LogP contribution >= 0.6 is 11.5 Å². The Kier molecular flexibility index (Phi) is 3.56. The SMILES string of the molecule is Cc1cc(C(=O)CCc2ccns2)c2ccccc2n1. The molecule has 0 radical (unpaired) electrons. The number of pyridine rings is 1. The molecule has 0 aliphatic heterocycles. The number of carbonyl (C=O) groups excluding carboxylic acids is 1. The first-order valence-electron chi connectivity index (χ1n) is 6.53. The lowest BCUT2D eigenvalue weighted by atomic mass is 10.0. The molecule has 0 saturated heterocycles. The van der Waals surface area contributed by atoms with E-state index in [0.29, 0.717) is 6.42 Å². The molecule has 0 unspecified atom stereocenters. The Morgan fingerprint density at radius 2 is 2.10 bits per heavy atom. The van der Waals surface area contributed by atoms with Crippen molar-refractivity contribution in [1.82, 2.24) is 9.36 Å². The summed E-state index contributed by atoms with van der Waals surface area (Å²) in [4.78, 5) is 18.1. The molecule has 20 heavy (non-hydrogen) atoms. The summed E-state index contributed by atoms with van der Waals surface area (Å²) in [6, 6.07) is 11.6. The zero-order valence-electron chi connectivity index (χ0n) is 11.2. The standard InChI is InChI=1S/C16H14N2OS/c1-11-10-14(13-4-2-3-5-15(13)18-11)16(19)7-6-12-8-9-17-20-12/h2-5,8-10H,6-7H2,1H3. The van der Waals surface area contributed by atoms with Gasteiger partial charge < -0.3 is 0 Å². The fourth-order valence-corrected chi connectivity index (χ4v) is 2.85. The number of carbonyl (C=O) groups is 1. The lowest BCUT2D eigenvalue weighted by molar-refractivity contribution is 0.0984. The highest BCUT2D eigenvalue weighted by Crippen LogP contribution is 2.20. The molecular weight excluding hydrogens is 268 g/mol. The van der Waals surface area contributed by atoms with Crippen molar-refractivity contribution in [3.05, 3.63) is 58.7 Å². The lowest BCUT2D eigenvalue weighted by Crippen LogP contribution is -2.03. The number of para-hydroxylation sites is 1. The van der Waals surface area contributed by atoms with Crippen LogP contribution in [-0.2, 0) is 6.42 Å². The van der Waals surface area contributed by atoms with Crippen molar-refractivity contribution in [2.75, 3.05) is 0 Å². The first-order chi connectivity index (χ1) is 9.74. The molecule has 0 atom stereocenters. The normalized spacial score (nSPS) is 10.8. The summed E-state index contributed by atoms with van der Waals surface area (Å²) in [5, 5.41) is 0.937. The van der Waals surface area contributed by atoms with Crippen LogP contribution in [0.25, 0.3) is 10.9 Å². The second-order valence-corrected chi connectivity index (χ2v) is 5.65. The molecule has 100 valence electrons. The minimum Gasteiger partial charge on any atom is -0.294 e. The van der Waals surface area contributed by atoms with Crippen molar-refractivity contribution >= 4 is 28.2 Å². The molecule has 0 amide bonds. The maximum Gasteiger partial charge on any atom is 0.163 e. The van der Waals surface area contributed by atoms with Gasteiger partial charge in [-0.05, 0) is 43.1 Å². The number of rotatable bonds is 4. The summed E-state index contributed by atoms with van der Waals surface area (Å²) in [5.74, 6) is 0.167. The number of hydrogen-bond donors (Lipinski definition) is 0. The fraction of sp³-hybridized carbons (Fsp3) is 0.188. The fourth-order valence-electron chi connectivity index (χ4n) is 2.28. The molecule has 0 spiro atoms. The summed E-state index contributed by atoms with van der Waals surface area (Å²) >= 11 is 1.45. The quantitative estimate of drug-likeness (QED) is 0.683. The highest BCUT2D eigenvalue weighted by Gasteiger charge is 2.12. The van der Waals surface area contributed by atoms with Gasteiger partial charge in [0.1, 0.15) is 0 Å². The third kappa shape index (κ3) is 2.60. The van der Waals surface area contributed by atoms with E-state index in [1.165, 1.54) is 11.5 Å². The molecule has 1 aromatic carbocycles. The number of Topliss-reactive ketones (excluding diaryl/α,β-unsaturated/α-hetero) is 1. The Bertz CT molecular complexity index is 750. The number of aryl methyl sites for hydroxylation is 2. The van der Waals surface area contributed by atoms with Crippen LogP contribution in [0.4, 0.5) is 0 Å². The molecule has 3 aromatic rings. The number of ketones is 1. The Morgan fingerprint density at radius 3 is 2.90 bits per heavy atom. The maximum atomic E-state index is 12.5. The zero-order chi connectivity index (χ0) is 13.9. The molecular formula is C16H14N2OS. The zero-order valence-corrected chi connectivity index (χ0v) is 12.0. The van der Waals surface area contributed by atoms with Gasteiger partial charge in [-0.25, -0.2) is 4.37 Å². The number of fused-ring (bicyclic) bond motifs is 1. The van der Waals surface area contributed by atoms with E-state index < -0.39 is 0 Å². The highest BCUT2D eigenvalue weighted by atomic mass is 32.1. The monoisotopic (exact) mass is 282 g/mol. The Morgan fingerprint density at radius 1 is 1.25 bits per heavy atom. The maximum absolute atomic E-state index is 12.5. The number of benzene rings is 1. The molecule has 0 bridgehead atoms. The van der Waals surface area contributed by atoms with Crippen molar-refractivity contribution < 1.29 is 4.79 Å². The van der Waals surface area contributed by atoms with Gasteiger partial charge in [-0.1, -0.05) is 18.2 Å². The molecule has 0 aliphatic rings. The lowest BCUT2D eigenvalue weighted by Gasteiger charge is -2.06. The smallest absolute Gasteiger partial charge is 0.163 e. The summed E-state index contributed by atoms with van der Waals surface area (Å²) in [6.07, 6.45) is 3.03. The van der Waals surface area contributed by atoms with Crippen LogP contribution < -0.4 is 0 Å². The molecule has 4 heteroatoms. The first-order valence-corrected chi connectivity index (χ1v) is 7.30. The minimum atomic E-state index is 0.167. The van der Waals surface area contributed by atoms with E-state index in [4.69, 9.17) is 0 Å². The largest absolute Gasteiger partial charge is 0.294 e. The summed E-state index contributed by atoms with van der Waals surface area (Å²) in [5.41, 5.74) is 2.54. The van der Waals surface area contributed by atoms with Crippen LogP contribution in [0, 0.1) is 6.92 Å². The summed E-state index contributed by atoms with van der Waals surface area (Å²) in [7, 11) is 0. The van der Waals surface area contributed by atoms with E-state index in [2.05, 4.69) is 9.36 Å². The predicted octanol–water partition coefficient (Wildman–Crippen LogP) is 3.82. The van der Waals surface area contributed by atoms with Crippen molar-refractivity contribution in [1.29, 1.82) is 0 Å². The van der Waals surface area contributed by atoms with Gasteiger partial charge in [0.15, 0.2) is 5.78 Å². The Labute approximate surface area is 121 Å². The summed E-state index contributed by atoms with van der Waals surface area (Å²) < 4.78 is 4.06. The van der Waals surface area contributed by atoms with Gasteiger partial charge in [0, 0.05) is 34.1 Å². The average Bonchev–Trinajstić information content (AvgIpc) is 2.97. The highest BCUT2D eigenvalue weighted by molar-refractivity contribution is 7.05. The molecule has 0 aliphatic carbocycles. The minimum absolute atomic E-state index is 0.167. The van der Waals surface area contributed by atoms with E-state index in [1.807, 2.05) is 43.3 Å². The molecule has 3 rings (SSSR count). The Hall–Kier alpha value is -2.07. The van der Waals surface area contributed by atoms with Crippen LogP contribution in [0.15, 0.2) is 42.6 Å². The van der Waals surface area contributed by atoms with E-state index in [1.54, 1.807) is 6.20 Å². The van der Waals surface area contributed by atoms with Gasteiger partial charge >= 0.3 is 0 Å². The molecule has 3 nitrogen and oxygen atoms in total. The second kappa shape index (κ2) is 5.51. The van der Waals surface area contributed by atoms with Gasteiger partial charge in [0.2, 0.25) is 0 Å². The summed E-state index contributed by atoms with van der Waals surface area (Å²) in [6.45, 7) is 1.92. The molecule has 0 saturated carbocycles. The van der Waals surface area contributed by atoms with E-state index in [9.17, 15) is 4.79 Å². The predicted molar refractivity (Wildman–Crippen MR) is 81.2 cm³/mol. The van der Waals surface area contributed by atoms with E-state index in [0.717, 1.165) is 33.5 Å². The Balaban J connectivity index is 1.90.